The molecular formula is C12H24N2O. The van der Waals surface area contributed by atoms with E-state index in [2.05, 4.69) is 10.6 Å². The largest absolute Gasteiger partial charge is 0.356 e. The van der Waals surface area contributed by atoms with Gasteiger partial charge in [-0.25, -0.2) is 0 Å². The fourth-order valence-corrected chi connectivity index (χ4v) is 2.16. The number of amides is 1. The standard InChI is InChI=1S/C12H24N2O/c1-2-13-12(15)9-10-14-11-7-5-3-4-6-8-11/h11,14H,2-10H2,1H3,(H,13,15). The molecule has 1 saturated carbocycles. The van der Waals surface area contributed by atoms with E-state index in [1.54, 1.807) is 0 Å². The minimum absolute atomic E-state index is 0.165. The Balaban J connectivity index is 2.05. The lowest BCUT2D eigenvalue weighted by Gasteiger charge is -2.15. The van der Waals surface area contributed by atoms with E-state index in [1.165, 1.54) is 38.5 Å². The first kappa shape index (κ1) is 12.5. The highest BCUT2D eigenvalue weighted by Gasteiger charge is 2.11. The van der Waals surface area contributed by atoms with Gasteiger partial charge < -0.3 is 10.6 Å². The maximum atomic E-state index is 11.2. The average Bonchev–Trinajstić information content (AvgIpc) is 2.47. The van der Waals surface area contributed by atoms with Gasteiger partial charge in [-0.05, 0) is 19.8 Å². The molecule has 0 unspecified atom stereocenters. The van der Waals surface area contributed by atoms with Crippen molar-refractivity contribution in [2.75, 3.05) is 13.1 Å². The molecule has 0 aliphatic heterocycles. The molecule has 0 radical (unpaired) electrons. The molecule has 1 rings (SSSR count). The van der Waals surface area contributed by atoms with Crippen LogP contribution < -0.4 is 10.6 Å². The fourth-order valence-electron chi connectivity index (χ4n) is 2.16. The van der Waals surface area contributed by atoms with Gasteiger partial charge >= 0.3 is 0 Å². The smallest absolute Gasteiger partial charge is 0.221 e. The lowest BCUT2D eigenvalue weighted by molar-refractivity contribution is -0.120. The Kier molecular flexibility index (Phi) is 6.41. The quantitative estimate of drug-likeness (QED) is 0.683. The van der Waals surface area contributed by atoms with Crippen LogP contribution >= 0.6 is 0 Å². The zero-order valence-electron chi connectivity index (χ0n) is 9.85. The molecule has 1 aliphatic rings. The van der Waals surface area contributed by atoms with Gasteiger partial charge in [0.2, 0.25) is 5.91 Å². The van der Waals surface area contributed by atoms with Crippen LogP contribution in [0.15, 0.2) is 0 Å². The van der Waals surface area contributed by atoms with Gasteiger partial charge in [0.05, 0.1) is 0 Å². The molecule has 0 aromatic heterocycles. The van der Waals surface area contributed by atoms with Gasteiger partial charge in [0.15, 0.2) is 0 Å². The van der Waals surface area contributed by atoms with Crippen molar-refractivity contribution in [2.24, 2.45) is 0 Å². The number of hydrogen-bond acceptors (Lipinski definition) is 2. The molecule has 88 valence electrons. The van der Waals surface area contributed by atoms with Gasteiger partial charge in [-0.2, -0.15) is 0 Å². The first-order valence-electron chi connectivity index (χ1n) is 6.33. The van der Waals surface area contributed by atoms with Crippen LogP contribution in [0.2, 0.25) is 0 Å². The zero-order chi connectivity index (χ0) is 10.9. The van der Waals surface area contributed by atoms with E-state index in [0.717, 1.165) is 13.1 Å². The molecule has 3 nitrogen and oxygen atoms in total. The summed E-state index contributed by atoms with van der Waals surface area (Å²) in [4.78, 5) is 11.2. The van der Waals surface area contributed by atoms with Crippen molar-refractivity contribution in [3.05, 3.63) is 0 Å². The van der Waals surface area contributed by atoms with Crippen LogP contribution in [0.1, 0.15) is 51.9 Å². The lowest BCUT2D eigenvalue weighted by Crippen LogP contribution is -2.33. The van der Waals surface area contributed by atoms with Crippen LogP contribution in [-0.4, -0.2) is 25.0 Å². The lowest BCUT2D eigenvalue weighted by atomic mass is 10.1. The number of nitrogens with one attached hydrogen (secondary N) is 2. The molecular weight excluding hydrogens is 188 g/mol. The highest BCUT2D eigenvalue weighted by atomic mass is 16.1. The molecule has 0 heterocycles. The molecule has 0 saturated heterocycles. The van der Waals surface area contributed by atoms with Gasteiger partial charge in [0, 0.05) is 25.6 Å². The third-order valence-corrected chi connectivity index (χ3v) is 3.01. The molecule has 1 amide bonds. The predicted octanol–water partition coefficient (Wildman–Crippen LogP) is 1.82. The maximum absolute atomic E-state index is 11.2. The third kappa shape index (κ3) is 5.78. The summed E-state index contributed by atoms with van der Waals surface area (Å²) < 4.78 is 0. The Labute approximate surface area is 93.0 Å². The fraction of sp³-hybridized carbons (Fsp3) is 0.917. The summed E-state index contributed by atoms with van der Waals surface area (Å²) in [5.74, 6) is 0.165. The van der Waals surface area contributed by atoms with Crippen molar-refractivity contribution in [3.63, 3.8) is 0 Å². The summed E-state index contributed by atoms with van der Waals surface area (Å²) in [6.07, 6.45) is 8.65. The topological polar surface area (TPSA) is 41.1 Å². The van der Waals surface area contributed by atoms with Crippen molar-refractivity contribution in [1.82, 2.24) is 10.6 Å². The summed E-state index contributed by atoms with van der Waals surface area (Å²) >= 11 is 0. The highest BCUT2D eigenvalue weighted by Crippen LogP contribution is 2.16. The molecule has 0 atom stereocenters. The monoisotopic (exact) mass is 212 g/mol. The molecule has 1 fully saturated rings. The zero-order valence-corrected chi connectivity index (χ0v) is 9.85. The van der Waals surface area contributed by atoms with Crippen molar-refractivity contribution < 1.29 is 4.79 Å². The first-order chi connectivity index (χ1) is 7.33. The Bertz CT molecular complexity index is 174. The number of carbonyl (C=O) groups is 1. The molecule has 0 aromatic rings. The van der Waals surface area contributed by atoms with E-state index >= 15 is 0 Å². The van der Waals surface area contributed by atoms with E-state index < -0.39 is 0 Å². The van der Waals surface area contributed by atoms with Crippen LogP contribution in [0.3, 0.4) is 0 Å². The summed E-state index contributed by atoms with van der Waals surface area (Å²) in [5, 5.41) is 6.31. The Morgan fingerprint density at radius 1 is 1.20 bits per heavy atom. The predicted molar refractivity (Wildman–Crippen MR) is 62.8 cm³/mol. The molecule has 0 spiro atoms. The summed E-state index contributed by atoms with van der Waals surface area (Å²) in [6.45, 7) is 3.52. The second kappa shape index (κ2) is 7.69. The Hall–Kier alpha value is -0.570. The average molecular weight is 212 g/mol. The van der Waals surface area contributed by atoms with E-state index in [0.29, 0.717) is 12.5 Å². The third-order valence-electron chi connectivity index (χ3n) is 3.01. The van der Waals surface area contributed by atoms with Crippen molar-refractivity contribution in [3.8, 4) is 0 Å². The Morgan fingerprint density at radius 2 is 1.87 bits per heavy atom. The van der Waals surface area contributed by atoms with Crippen LogP contribution in [0.5, 0.6) is 0 Å². The molecule has 0 bridgehead atoms. The molecule has 1 aliphatic carbocycles. The molecule has 2 N–H and O–H groups in total. The molecule has 15 heavy (non-hydrogen) atoms. The van der Waals surface area contributed by atoms with E-state index in [4.69, 9.17) is 0 Å². The van der Waals surface area contributed by atoms with Crippen LogP contribution in [0.25, 0.3) is 0 Å². The van der Waals surface area contributed by atoms with E-state index in [9.17, 15) is 4.79 Å². The van der Waals surface area contributed by atoms with Gasteiger partial charge in [-0.1, -0.05) is 25.7 Å². The number of carbonyl (C=O) groups excluding carboxylic acids is 1. The summed E-state index contributed by atoms with van der Waals surface area (Å²) in [6, 6.07) is 0.655. The van der Waals surface area contributed by atoms with E-state index in [-0.39, 0.29) is 5.91 Å². The summed E-state index contributed by atoms with van der Waals surface area (Å²) in [7, 11) is 0. The van der Waals surface area contributed by atoms with E-state index in [1.807, 2.05) is 6.92 Å². The second-order valence-corrected chi connectivity index (χ2v) is 4.35. The maximum Gasteiger partial charge on any atom is 0.221 e. The Morgan fingerprint density at radius 3 is 2.47 bits per heavy atom. The van der Waals surface area contributed by atoms with Crippen LogP contribution in [0, 0.1) is 0 Å². The van der Waals surface area contributed by atoms with Gasteiger partial charge in [0.25, 0.3) is 0 Å². The highest BCUT2D eigenvalue weighted by molar-refractivity contribution is 5.75. The molecule has 3 heteroatoms. The van der Waals surface area contributed by atoms with Crippen LogP contribution in [0.4, 0.5) is 0 Å². The number of hydrogen-bond donors (Lipinski definition) is 2. The van der Waals surface area contributed by atoms with Crippen molar-refractivity contribution in [2.45, 2.75) is 57.9 Å². The SMILES string of the molecule is CCNC(=O)CCNC1CCCCCC1. The minimum Gasteiger partial charge on any atom is -0.356 e. The molecule has 0 aromatic carbocycles. The summed E-state index contributed by atoms with van der Waals surface area (Å²) in [5.41, 5.74) is 0. The number of rotatable bonds is 5. The normalized spacial score (nSPS) is 18.5. The van der Waals surface area contributed by atoms with Crippen LogP contribution in [-0.2, 0) is 4.79 Å². The van der Waals surface area contributed by atoms with Crippen molar-refractivity contribution in [1.29, 1.82) is 0 Å². The minimum atomic E-state index is 0.165. The van der Waals surface area contributed by atoms with Gasteiger partial charge in [-0.3, -0.25) is 4.79 Å². The second-order valence-electron chi connectivity index (χ2n) is 4.35. The van der Waals surface area contributed by atoms with Gasteiger partial charge in [-0.15, -0.1) is 0 Å². The van der Waals surface area contributed by atoms with Gasteiger partial charge in [0.1, 0.15) is 0 Å². The first-order valence-corrected chi connectivity index (χ1v) is 6.33. The van der Waals surface area contributed by atoms with Crippen molar-refractivity contribution >= 4 is 5.91 Å².